The van der Waals surface area contributed by atoms with E-state index >= 15 is 0 Å². The lowest BCUT2D eigenvalue weighted by Gasteiger charge is -2.23. The molecule has 0 aliphatic heterocycles. The van der Waals surface area contributed by atoms with E-state index in [1.807, 2.05) is 38.1 Å². The highest BCUT2D eigenvalue weighted by Crippen LogP contribution is 2.33. The minimum absolute atomic E-state index is 0.106. The van der Waals surface area contributed by atoms with Crippen molar-refractivity contribution in [3.05, 3.63) is 63.5 Å². The average molecular weight is 443 g/mol. The van der Waals surface area contributed by atoms with Crippen molar-refractivity contribution in [1.29, 1.82) is 0 Å². The SMILES string of the molecule is CC(C)N(CCc1ccc2cc(-c3nc4c(Cl)cccc4s3)c(=O)oc2c1)C(=O)O. The maximum absolute atomic E-state index is 12.6. The van der Waals surface area contributed by atoms with Gasteiger partial charge in [0.05, 0.1) is 15.3 Å². The Hall–Kier alpha value is -2.90. The Bertz CT molecular complexity index is 1310. The van der Waals surface area contributed by atoms with E-state index in [-0.39, 0.29) is 6.04 Å². The topological polar surface area (TPSA) is 83.6 Å². The number of nitrogens with zero attached hydrogens (tertiary/aromatic N) is 2. The summed E-state index contributed by atoms with van der Waals surface area (Å²) in [6.45, 7) is 4.04. The monoisotopic (exact) mass is 442 g/mol. The third-order valence-corrected chi connectivity index (χ3v) is 6.27. The first-order valence-corrected chi connectivity index (χ1v) is 10.6. The molecular weight excluding hydrogens is 424 g/mol. The summed E-state index contributed by atoms with van der Waals surface area (Å²) in [5.41, 5.74) is 1.96. The minimum Gasteiger partial charge on any atom is -0.465 e. The molecule has 1 N–H and O–H groups in total. The molecule has 0 fully saturated rings. The number of amides is 1. The molecule has 0 aliphatic rings. The molecule has 6 nitrogen and oxygen atoms in total. The maximum atomic E-state index is 12.6. The van der Waals surface area contributed by atoms with Crippen LogP contribution in [0.15, 0.2) is 51.7 Å². The molecule has 1 amide bonds. The number of halogens is 1. The fraction of sp³-hybridized carbons (Fsp3) is 0.227. The molecule has 0 aliphatic carbocycles. The highest BCUT2D eigenvalue weighted by atomic mass is 35.5. The Labute approximate surface area is 181 Å². The van der Waals surface area contributed by atoms with E-state index in [0.717, 1.165) is 15.6 Å². The number of carbonyl (C=O) groups is 1. The van der Waals surface area contributed by atoms with Crippen molar-refractivity contribution in [3.8, 4) is 10.6 Å². The zero-order valence-corrected chi connectivity index (χ0v) is 18.0. The first-order chi connectivity index (χ1) is 14.3. The molecule has 0 spiro atoms. The van der Waals surface area contributed by atoms with Gasteiger partial charge in [-0.3, -0.25) is 0 Å². The normalized spacial score (nSPS) is 11.5. The molecule has 8 heteroatoms. The van der Waals surface area contributed by atoms with Crippen LogP contribution in [-0.4, -0.2) is 33.7 Å². The molecule has 0 saturated heterocycles. The van der Waals surface area contributed by atoms with Gasteiger partial charge in [0.15, 0.2) is 0 Å². The second-order valence-corrected chi connectivity index (χ2v) is 8.68. The summed E-state index contributed by atoms with van der Waals surface area (Å²) < 4.78 is 6.47. The zero-order chi connectivity index (χ0) is 21.4. The van der Waals surface area contributed by atoms with Gasteiger partial charge in [-0.1, -0.05) is 29.8 Å². The summed E-state index contributed by atoms with van der Waals surface area (Å²) in [7, 11) is 0. The molecule has 4 rings (SSSR count). The molecular formula is C22H19ClN2O4S. The number of rotatable bonds is 5. The Morgan fingerprint density at radius 2 is 2.07 bits per heavy atom. The molecule has 2 heterocycles. The summed E-state index contributed by atoms with van der Waals surface area (Å²) in [4.78, 5) is 29.9. The number of hydrogen-bond acceptors (Lipinski definition) is 5. The van der Waals surface area contributed by atoms with E-state index in [1.165, 1.54) is 16.2 Å². The molecule has 30 heavy (non-hydrogen) atoms. The van der Waals surface area contributed by atoms with Crippen LogP contribution in [0.1, 0.15) is 19.4 Å². The van der Waals surface area contributed by atoms with E-state index in [9.17, 15) is 14.7 Å². The van der Waals surface area contributed by atoms with Crippen LogP contribution in [0.25, 0.3) is 31.8 Å². The van der Waals surface area contributed by atoms with Crippen LogP contribution >= 0.6 is 22.9 Å². The lowest BCUT2D eigenvalue weighted by molar-refractivity contribution is 0.132. The summed E-state index contributed by atoms with van der Waals surface area (Å²) in [5, 5.41) is 11.2. The summed E-state index contributed by atoms with van der Waals surface area (Å²) in [6.07, 6.45) is -0.416. The second kappa shape index (κ2) is 8.08. The van der Waals surface area contributed by atoms with E-state index in [0.29, 0.717) is 39.7 Å². The summed E-state index contributed by atoms with van der Waals surface area (Å²) >= 11 is 7.59. The van der Waals surface area contributed by atoms with Crippen molar-refractivity contribution in [1.82, 2.24) is 9.88 Å². The number of carboxylic acid groups (broad SMARTS) is 1. The van der Waals surface area contributed by atoms with Gasteiger partial charge in [-0.25, -0.2) is 14.6 Å². The van der Waals surface area contributed by atoms with Crippen molar-refractivity contribution >= 4 is 50.2 Å². The largest absolute Gasteiger partial charge is 0.465 e. The van der Waals surface area contributed by atoms with Crippen molar-refractivity contribution in [3.63, 3.8) is 0 Å². The van der Waals surface area contributed by atoms with Gasteiger partial charge in [-0.2, -0.15) is 0 Å². The molecule has 0 atom stereocenters. The fourth-order valence-electron chi connectivity index (χ4n) is 3.31. The molecule has 154 valence electrons. The number of hydrogen-bond donors (Lipinski definition) is 1. The van der Waals surface area contributed by atoms with Gasteiger partial charge in [0.2, 0.25) is 0 Å². The Kier molecular flexibility index (Phi) is 5.49. The zero-order valence-electron chi connectivity index (χ0n) is 16.4. The van der Waals surface area contributed by atoms with Crippen LogP contribution in [-0.2, 0) is 6.42 Å². The second-order valence-electron chi connectivity index (χ2n) is 7.25. The average Bonchev–Trinajstić information content (AvgIpc) is 3.12. The van der Waals surface area contributed by atoms with E-state index < -0.39 is 11.7 Å². The molecule has 0 radical (unpaired) electrons. The van der Waals surface area contributed by atoms with Crippen LogP contribution in [0, 0.1) is 0 Å². The van der Waals surface area contributed by atoms with Gasteiger partial charge < -0.3 is 14.4 Å². The van der Waals surface area contributed by atoms with Gasteiger partial charge in [-0.05, 0) is 50.1 Å². The fourth-order valence-corrected chi connectivity index (χ4v) is 4.58. The number of aromatic nitrogens is 1. The third-order valence-electron chi connectivity index (χ3n) is 4.91. The van der Waals surface area contributed by atoms with Crippen LogP contribution in [0.3, 0.4) is 0 Å². The summed E-state index contributed by atoms with van der Waals surface area (Å²) in [5.74, 6) is 0. The highest BCUT2D eigenvalue weighted by molar-refractivity contribution is 7.21. The minimum atomic E-state index is -0.946. The van der Waals surface area contributed by atoms with Crippen molar-refractivity contribution in [2.24, 2.45) is 0 Å². The van der Waals surface area contributed by atoms with Gasteiger partial charge >= 0.3 is 11.7 Å². The van der Waals surface area contributed by atoms with Crippen LogP contribution < -0.4 is 5.63 Å². The quantitative estimate of drug-likeness (QED) is 0.403. The van der Waals surface area contributed by atoms with Crippen LogP contribution in [0.2, 0.25) is 5.02 Å². The number of benzene rings is 2. The molecule has 2 aromatic carbocycles. The Balaban J connectivity index is 1.66. The van der Waals surface area contributed by atoms with Gasteiger partial charge in [0, 0.05) is 18.0 Å². The Morgan fingerprint density at radius 1 is 1.27 bits per heavy atom. The van der Waals surface area contributed by atoms with Crippen LogP contribution in [0.5, 0.6) is 0 Å². The van der Waals surface area contributed by atoms with E-state index in [4.69, 9.17) is 16.0 Å². The predicted octanol–water partition coefficient (Wildman–Crippen LogP) is 5.65. The third kappa shape index (κ3) is 3.91. The highest BCUT2D eigenvalue weighted by Gasteiger charge is 2.16. The smallest absolute Gasteiger partial charge is 0.407 e. The summed E-state index contributed by atoms with van der Waals surface area (Å²) in [6, 6.07) is 12.8. The molecule has 0 unspecified atom stereocenters. The first kappa shape index (κ1) is 20.4. The molecule has 0 bridgehead atoms. The lowest BCUT2D eigenvalue weighted by atomic mass is 10.1. The molecule has 4 aromatic rings. The predicted molar refractivity (Wildman–Crippen MR) is 120 cm³/mol. The maximum Gasteiger partial charge on any atom is 0.407 e. The van der Waals surface area contributed by atoms with Crippen molar-refractivity contribution in [2.75, 3.05) is 6.54 Å². The number of para-hydroxylation sites is 1. The van der Waals surface area contributed by atoms with Crippen LogP contribution in [0.4, 0.5) is 4.79 Å². The van der Waals surface area contributed by atoms with Gasteiger partial charge in [0.1, 0.15) is 16.1 Å². The number of thiazole rings is 1. The van der Waals surface area contributed by atoms with Crippen molar-refractivity contribution in [2.45, 2.75) is 26.3 Å². The standard InChI is InChI=1S/C22H19ClN2O4S/c1-12(2)25(22(27)28)9-8-13-6-7-14-11-15(21(26)29-17(14)10-13)20-24-19-16(23)4-3-5-18(19)30-20/h3-7,10-12H,8-9H2,1-2H3,(H,27,28). The number of fused-ring (bicyclic) bond motifs is 2. The molecule has 0 saturated carbocycles. The van der Waals surface area contributed by atoms with Gasteiger partial charge in [0.25, 0.3) is 0 Å². The van der Waals surface area contributed by atoms with E-state index in [2.05, 4.69) is 4.98 Å². The lowest BCUT2D eigenvalue weighted by Crippen LogP contribution is -2.37. The van der Waals surface area contributed by atoms with Crippen molar-refractivity contribution < 1.29 is 14.3 Å². The van der Waals surface area contributed by atoms with Gasteiger partial charge in [-0.15, -0.1) is 11.3 Å². The molecule has 2 aromatic heterocycles. The van der Waals surface area contributed by atoms with E-state index in [1.54, 1.807) is 18.2 Å². The first-order valence-electron chi connectivity index (χ1n) is 9.45. The Morgan fingerprint density at radius 3 is 2.77 bits per heavy atom.